The number of benzene rings is 2. The molecule has 1 amide bonds. The third-order valence-corrected chi connectivity index (χ3v) is 4.38. The number of anilines is 2. The van der Waals surface area contributed by atoms with E-state index in [1.165, 1.54) is 11.3 Å². The third kappa shape index (κ3) is 4.81. The van der Waals surface area contributed by atoms with E-state index >= 15 is 0 Å². The Kier molecular flexibility index (Phi) is 5.30. The lowest BCUT2D eigenvalue weighted by Crippen LogP contribution is -2.29. The number of aryl methyl sites for hydroxylation is 1. The Morgan fingerprint density at radius 3 is 2.44 bits per heavy atom. The monoisotopic (exact) mass is 353 g/mol. The number of likely N-dealkylation sites (N-methyl/N-ethyl adjacent to an activating group) is 1. The Bertz CT molecular complexity index is 831. The van der Waals surface area contributed by atoms with E-state index in [1.807, 2.05) is 78.8 Å². The van der Waals surface area contributed by atoms with E-state index in [9.17, 15) is 4.79 Å². The predicted molar refractivity (Wildman–Crippen MR) is 102 cm³/mol. The van der Waals surface area contributed by atoms with Crippen LogP contribution in [-0.2, 0) is 4.79 Å². The Morgan fingerprint density at radius 1 is 1.12 bits per heavy atom. The molecule has 6 heteroatoms. The second-order valence-corrected chi connectivity index (χ2v) is 6.47. The van der Waals surface area contributed by atoms with Crippen LogP contribution in [0.3, 0.4) is 0 Å². The number of thiazole rings is 1. The van der Waals surface area contributed by atoms with Gasteiger partial charge < -0.3 is 15.0 Å². The zero-order chi connectivity index (χ0) is 17.6. The van der Waals surface area contributed by atoms with Gasteiger partial charge in [-0.25, -0.2) is 4.98 Å². The molecule has 3 rings (SSSR count). The number of hydrogen-bond acceptors (Lipinski definition) is 5. The van der Waals surface area contributed by atoms with Crippen LogP contribution in [0.5, 0.6) is 11.5 Å². The standard InChI is InChI=1S/C19H19N3O2S/c1-14-13-25-19(20-14)21-18(23)12-22(2)15-8-10-17(11-9-15)24-16-6-4-3-5-7-16/h3-11,13H,12H2,1-2H3,(H,20,21,23). The maximum atomic E-state index is 12.1. The molecule has 0 saturated heterocycles. The van der Waals surface area contributed by atoms with E-state index in [0.717, 1.165) is 22.9 Å². The van der Waals surface area contributed by atoms with Crippen molar-refractivity contribution in [1.29, 1.82) is 0 Å². The van der Waals surface area contributed by atoms with Crippen LogP contribution in [0.2, 0.25) is 0 Å². The molecule has 1 heterocycles. The maximum Gasteiger partial charge on any atom is 0.245 e. The van der Waals surface area contributed by atoms with Crippen LogP contribution in [-0.4, -0.2) is 24.5 Å². The minimum Gasteiger partial charge on any atom is -0.457 e. The van der Waals surface area contributed by atoms with Gasteiger partial charge in [0.2, 0.25) is 5.91 Å². The van der Waals surface area contributed by atoms with Gasteiger partial charge in [-0.3, -0.25) is 4.79 Å². The number of aromatic nitrogens is 1. The number of rotatable bonds is 6. The van der Waals surface area contributed by atoms with Crippen molar-refractivity contribution < 1.29 is 9.53 Å². The Labute approximate surface area is 150 Å². The molecule has 0 bridgehead atoms. The maximum absolute atomic E-state index is 12.1. The number of ether oxygens (including phenoxy) is 1. The fourth-order valence-corrected chi connectivity index (χ4v) is 2.97. The highest BCUT2D eigenvalue weighted by molar-refractivity contribution is 7.13. The molecule has 0 atom stereocenters. The normalized spacial score (nSPS) is 10.3. The number of carbonyl (C=O) groups excluding carboxylic acids is 1. The van der Waals surface area contributed by atoms with Crippen molar-refractivity contribution in [1.82, 2.24) is 4.98 Å². The summed E-state index contributed by atoms with van der Waals surface area (Å²) in [6.45, 7) is 2.15. The fourth-order valence-electron chi connectivity index (χ4n) is 2.27. The van der Waals surface area contributed by atoms with Gasteiger partial charge in [-0.15, -0.1) is 11.3 Å². The van der Waals surface area contributed by atoms with E-state index < -0.39 is 0 Å². The molecule has 0 aliphatic rings. The zero-order valence-electron chi connectivity index (χ0n) is 14.1. The molecule has 0 unspecified atom stereocenters. The summed E-state index contributed by atoms with van der Waals surface area (Å²) in [5.41, 5.74) is 1.84. The molecule has 0 aliphatic heterocycles. The molecule has 25 heavy (non-hydrogen) atoms. The molecule has 1 aromatic heterocycles. The molecular formula is C19H19N3O2S. The van der Waals surface area contributed by atoms with Crippen molar-refractivity contribution >= 4 is 28.1 Å². The molecule has 128 valence electrons. The lowest BCUT2D eigenvalue weighted by molar-refractivity contribution is -0.114. The van der Waals surface area contributed by atoms with Crippen LogP contribution in [0, 0.1) is 6.92 Å². The molecule has 0 aliphatic carbocycles. The summed E-state index contributed by atoms with van der Waals surface area (Å²) < 4.78 is 5.77. The fraction of sp³-hybridized carbons (Fsp3) is 0.158. The summed E-state index contributed by atoms with van der Waals surface area (Å²) in [6, 6.07) is 17.3. The molecule has 0 radical (unpaired) electrons. The first-order valence-corrected chi connectivity index (χ1v) is 8.74. The number of carbonyl (C=O) groups is 1. The summed E-state index contributed by atoms with van der Waals surface area (Å²) in [5.74, 6) is 1.45. The quantitative estimate of drug-likeness (QED) is 0.717. The van der Waals surface area contributed by atoms with Crippen molar-refractivity contribution in [2.24, 2.45) is 0 Å². The lowest BCUT2D eigenvalue weighted by atomic mass is 10.2. The van der Waals surface area contributed by atoms with E-state index in [0.29, 0.717) is 5.13 Å². The number of nitrogens with zero attached hydrogens (tertiary/aromatic N) is 2. The van der Waals surface area contributed by atoms with Crippen molar-refractivity contribution in [3.05, 3.63) is 65.7 Å². The van der Waals surface area contributed by atoms with E-state index in [1.54, 1.807) is 0 Å². The van der Waals surface area contributed by atoms with E-state index in [4.69, 9.17) is 4.74 Å². The van der Waals surface area contributed by atoms with Crippen molar-refractivity contribution in [2.45, 2.75) is 6.92 Å². The average Bonchev–Trinajstić information content (AvgIpc) is 3.01. The summed E-state index contributed by atoms with van der Waals surface area (Å²) in [6.07, 6.45) is 0. The third-order valence-electron chi connectivity index (χ3n) is 3.50. The van der Waals surface area contributed by atoms with Gasteiger partial charge in [0, 0.05) is 18.1 Å². The largest absolute Gasteiger partial charge is 0.457 e. The van der Waals surface area contributed by atoms with Gasteiger partial charge in [-0.05, 0) is 43.3 Å². The molecule has 1 N–H and O–H groups in total. The topological polar surface area (TPSA) is 54.5 Å². The summed E-state index contributed by atoms with van der Waals surface area (Å²) in [7, 11) is 1.87. The number of para-hydroxylation sites is 1. The highest BCUT2D eigenvalue weighted by Gasteiger charge is 2.10. The van der Waals surface area contributed by atoms with Crippen LogP contribution in [0.15, 0.2) is 60.0 Å². The van der Waals surface area contributed by atoms with E-state index in [-0.39, 0.29) is 12.5 Å². The molecular weight excluding hydrogens is 334 g/mol. The smallest absolute Gasteiger partial charge is 0.245 e. The molecule has 3 aromatic rings. The van der Waals surface area contributed by atoms with Crippen LogP contribution >= 0.6 is 11.3 Å². The van der Waals surface area contributed by atoms with Gasteiger partial charge in [0.05, 0.1) is 12.2 Å². The first-order valence-electron chi connectivity index (χ1n) is 7.86. The first-order chi connectivity index (χ1) is 12.1. The molecule has 0 spiro atoms. The summed E-state index contributed by atoms with van der Waals surface area (Å²) in [5, 5.41) is 5.34. The van der Waals surface area contributed by atoms with Gasteiger partial charge in [-0.1, -0.05) is 18.2 Å². The van der Waals surface area contributed by atoms with Gasteiger partial charge in [0.15, 0.2) is 5.13 Å². The molecule has 0 fully saturated rings. The Morgan fingerprint density at radius 2 is 1.80 bits per heavy atom. The van der Waals surface area contributed by atoms with Crippen molar-refractivity contribution in [2.75, 3.05) is 23.8 Å². The SMILES string of the molecule is Cc1csc(NC(=O)CN(C)c2ccc(Oc3ccccc3)cc2)n1. The molecule has 2 aromatic carbocycles. The number of nitrogens with one attached hydrogen (secondary N) is 1. The Balaban J connectivity index is 1.56. The Hall–Kier alpha value is -2.86. The van der Waals surface area contributed by atoms with Crippen LogP contribution in [0.25, 0.3) is 0 Å². The van der Waals surface area contributed by atoms with Gasteiger partial charge in [0.25, 0.3) is 0 Å². The minimum atomic E-state index is -0.0959. The van der Waals surface area contributed by atoms with Crippen LogP contribution in [0.4, 0.5) is 10.8 Å². The zero-order valence-corrected chi connectivity index (χ0v) is 14.9. The molecule has 5 nitrogen and oxygen atoms in total. The highest BCUT2D eigenvalue weighted by Crippen LogP contribution is 2.24. The number of hydrogen-bond donors (Lipinski definition) is 1. The van der Waals surface area contributed by atoms with Crippen molar-refractivity contribution in [3.8, 4) is 11.5 Å². The van der Waals surface area contributed by atoms with Gasteiger partial charge >= 0.3 is 0 Å². The summed E-state index contributed by atoms with van der Waals surface area (Å²) in [4.78, 5) is 18.2. The number of amides is 1. The summed E-state index contributed by atoms with van der Waals surface area (Å²) >= 11 is 1.43. The lowest BCUT2D eigenvalue weighted by Gasteiger charge is -2.18. The minimum absolute atomic E-state index is 0.0959. The van der Waals surface area contributed by atoms with Gasteiger partial charge in [0.1, 0.15) is 11.5 Å². The van der Waals surface area contributed by atoms with Crippen LogP contribution in [0.1, 0.15) is 5.69 Å². The van der Waals surface area contributed by atoms with Crippen molar-refractivity contribution in [3.63, 3.8) is 0 Å². The highest BCUT2D eigenvalue weighted by atomic mass is 32.1. The molecule has 0 saturated carbocycles. The predicted octanol–water partition coefficient (Wildman–Crippen LogP) is 4.32. The second kappa shape index (κ2) is 7.81. The van der Waals surface area contributed by atoms with E-state index in [2.05, 4.69) is 10.3 Å². The van der Waals surface area contributed by atoms with Crippen LogP contribution < -0.4 is 15.0 Å². The second-order valence-electron chi connectivity index (χ2n) is 5.61. The first kappa shape index (κ1) is 17.0. The average molecular weight is 353 g/mol. The van der Waals surface area contributed by atoms with Gasteiger partial charge in [-0.2, -0.15) is 0 Å².